The number of nitrogens with one attached hydrogen (secondary N) is 2. The van der Waals surface area contributed by atoms with Crippen LogP contribution < -0.4 is 24.8 Å². The maximum absolute atomic E-state index is 5.55. The van der Waals surface area contributed by atoms with Crippen molar-refractivity contribution in [2.75, 3.05) is 27.0 Å². The molecule has 0 spiro atoms. The number of benzene rings is 1. The van der Waals surface area contributed by atoms with Gasteiger partial charge in [0.2, 0.25) is 12.7 Å². The Morgan fingerprint density at radius 2 is 2.07 bits per heavy atom. The third-order valence-corrected chi connectivity index (χ3v) is 3.94. The fourth-order valence-corrected chi connectivity index (χ4v) is 2.65. The van der Waals surface area contributed by atoms with Crippen LogP contribution in [0.4, 0.5) is 0 Å². The van der Waals surface area contributed by atoms with Crippen molar-refractivity contribution < 1.29 is 14.2 Å². The van der Waals surface area contributed by atoms with Crippen LogP contribution in [0.25, 0.3) is 0 Å². The predicted octanol–water partition coefficient (Wildman–Crippen LogP) is 2.73. The molecule has 0 amide bonds. The molecule has 0 unspecified atom stereocenters. The zero-order chi connectivity index (χ0) is 18.2. The zero-order valence-electron chi connectivity index (χ0n) is 15.5. The lowest BCUT2D eigenvalue weighted by Crippen LogP contribution is -2.38. The number of ether oxygens (including phenoxy) is 3. The minimum absolute atomic E-state index is 0. The van der Waals surface area contributed by atoms with Crippen LogP contribution in [0.1, 0.15) is 18.1 Å². The summed E-state index contributed by atoms with van der Waals surface area (Å²) in [6, 6.07) is 9.90. The Morgan fingerprint density at radius 1 is 1.22 bits per heavy atom. The van der Waals surface area contributed by atoms with Gasteiger partial charge in [-0.25, -0.2) is 4.98 Å². The first-order valence-corrected chi connectivity index (χ1v) is 8.70. The Morgan fingerprint density at radius 3 is 2.89 bits per heavy atom. The summed E-state index contributed by atoms with van der Waals surface area (Å²) in [5, 5.41) is 6.60. The van der Waals surface area contributed by atoms with Gasteiger partial charge in [-0.05, 0) is 37.1 Å². The summed E-state index contributed by atoms with van der Waals surface area (Å²) in [4.78, 5) is 8.51. The fraction of sp³-hybridized carbons (Fsp3) is 0.368. The van der Waals surface area contributed by atoms with Crippen LogP contribution in [0.2, 0.25) is 0 Å². The predicted molar refractivity (Wildman–Crippen MR) is 115 cm³/mol. The summed E-state index contributed by atoms with van der Waals surface area (Å²) >= 11 is 0. The lowest BCUT2D eigenvalue weighted by molar-refractivity contribution is 0.174. The first kappa shape index (κ1) is 21.1. The maximum Gasteiger partial charge on any atom is 0.231 e. The molecule has 27 heavy (non-hydrogen) atoms. The molecular weight excluding hydrogens is 459 g/mol. The number of guanidine groups is 1. The molecule has 2 N–H and O–H groups in total. The highest BCUT2D eigenvalue weighted by Gasteiger charge is 2.13. The number of hydrogen-bond acceptors (Lipinski definition) is 5. The molecule has 0 saturated heterocycles. The number of aromatic nitrogens is 1. The molecule has 7 nitrogen and oxygen atoms in total. The number of pyridine rings is 1. The van der Waals surface area contributed by atoms with Crippen molar-refractivity contribution in [1.82, 2.24) is 15.6 Å². The summed E-state index contributed by atoms with van der Waals surface area (Å²) in [5.41, 5.74) is 2.18. The second kappa shape index (κ2) is 10.8. The van der Waals surface area contributed by atoms with Gasteiger partial charge in [-0.3, -0.25) is 4.99 Å². The van der Waals surface area contributed by atoms with E-state index >= 15 is 0 Å². The van der Waals surface area contributed by atoms with Gasteiger partial charge in [0.15, 0.2) is 17.5 Å². The highest BCUT2D eigenvalue weighted by Crippen LogP contribution is 2.32. The van der Waals surface area contributed by atoms with Crippen LogP contribution in [0, 0.1) is 0 Å². The SMILES string of the molecule is CCOc1ncccc1CNC(=NC)NCCc1ccc2c(c1)OCO2.I. The molecule has 0 radical (unpaired) electrons. The van der Waals surface area contributed by atoms with Crippen molar-refractivity contribution in [3.8, 4) is 17.4 Å². The van der Waals surface area contributed by atoms with Crippen LogP contribution in [0.3, 0.4) is 0 Å². The molecule has 3 rings (SSSR count). The van der Waals surface area contributed by atoms with E-state index in [1.54, 1.807) is 13.2 Å². The molecule has 0 fully saturated rings. The van der Waals surface area contributed by atoms with E-state index in [0.717, 1.165) is 36.0 Å². The van der Waals surface area contributed by atoms with Crippen molar-refractivity contribution in [3.05, 3.63) is 47.7 Å². The number of aliphatic imine (C=N–C) groups is 1. The van der Waals surface area contributed by atoms with Gasteiger partial charge in [0.05, 0.1) is 6.61 Å². The molecule has 0 aliphatic carbocycles. The van der Waals surface area contributed by atoms with Gasteiger partial charge in [0.25, 0.3) is 0 Å². The van der Waals surface area contributed by atoms with Crippen molar-refractivity contribution >= 4 is 29.9 Å². The molecule has 1 aliphatic heterocycles. The van der Waals surface area contributed by atoms with E-state index in [2.05, 4.69) is 26.7 Å². The molecule has 1 aromatic heterocycles. The van der Waals surface area contributed by atoms with Gasteiger partial charge in [-0.15, -0.1) is 24.0 Å². The average Bonchev–Trinajstić information content (AvgIpc) is 3.13. The molecule has 146 valence electrons. The first-order chi connectivity index (χ1) is 12.8. The zero-order valence-corrected chi connectivity index (χ0v) is 17.9. The smallest absolute Gasteiger partial charge is 0.231 e. The molecule has 0 bridgehead atoms. The number of nitrogens with zero attached hydrogens (tertiary/aromatic N) is 2. The van der Waals surface area contributed by atoms with E-state index in [1.807, 2.05) is 31.2 Å². The molecule has 0 saturated carbocycles. The fourth-order valence-electron chi connectivity index (χ4n) is 2.65. The van der Waals surface area contributed by atoms with E-state index in [4.69, 9.17) is 14.2 Å². The van der Waals surface area contributed by atoms with E-state index in [-0.39, 0.29) is 24.0 Å². The van der Waals surface area contributed by atoms with Crippen LogP contribution in [-0.2, 0) is 13.0 Å². The van der Waals surface area contributed by atoms with E-state index in [1.165, 1.54) is 5.56 Å². The highest BCUT2D eigenvalue weighted by molar-refractivity contribution is 14.0. The number of fused-ring (bicyclic) bond motifs is 1. The van der Waals surface area contributed by atoms with Crippen LogP contribution in [-0.4, -0.2) is 37.9 Å². The van der Waals surface area contributed by atoms with Crippen molar-refractivity contribution in [1.29, 1.82) is 0 Å². The minimum Gasteiger partial charge on any atom is -0.478 e. The quantitative estimate of drug-likeness (QED) is 0.358. The summed E-state index contributed by atoms with van der Waals surface area (Å²) in [6.07, 6.45) is 2.58. The first-order valence-electron chi connectivity index (χ1n) is 8.70. The molecular formula is C19H25IN4O3. The van der Waals surface area contributed by atoms with Gasteiger partial charge in [-0.2, -0.15) is 0 Å². The topological polar surface area (TPSA) is 77.0 Å². The van der Waals surface area contributed by atoms with Crippen LogP contribution in [0.5, 0.6) is 17.4 Å². The molecule has 2 heterocycles. The van der Waals surface area contributed by atoms with E-state index in [0.29, 0.717) is 25.8 Å². The van der Waals surface area contributed by atoms with E-state index < -0.39 is 0 Å². The van der Waals surface area contributed by atoms with Crippen LogP contribution in [0.15, 0.2) is 41.5 Å². The number of rotatable bonds is 7. The Kier molecular flexibility index (Phi) is 8.43. The number of hydrogen-bond donors (Lipinski definition) is 2. The standard InChI is InChI=1S/C19H24N4O3.HI/c1-3-24-18-15(5-4-9-21-18)12-23-19(20-2)22-10-8-14-6-7-16-17(11-14)26-13-25-16;/h4-7,9,11H,3,8,10,12-13H2,1-2H3,(H2,20,22,23);1H. The van der Waals surface area contributed by atoms with Crippen molar-refractivity contribution in [2.45, 2.75) is 19.9 Å². The maximum atomic E-state index is 5.55. The molecule has 2 aromatic rings. The Labute approximate surface area is 176 Å². The Balaban J connectivity index is 0.00000261. The second-order valence-corrected chi connectivity index (χ2v) is 5.69. The average molecular weight is 484 g/mol. The third-order valence-electron chi connectivity index (χ3n) is 3.94. The highest BCUT2D eigenvalue weighted by atomic mass is 127. The molecule has 1 aliphatic rings. The van der Waals surface area contributed by atoms with E-state index in [9.17, 15) is 0 Å². The van der Waals surface area contributed by atoms with Gasteiger partial charge < -0.3 is 24.8 Å². The Hall–Kier alpha value is -2.23. The summed E-state index contributed by atoms with van der Waals surface area (Å²) in [6.45, 7) is 4.18. The Bertz CT molecular complexity index is 770. The molecule has 0 atom stereocenters. The second-order valence-electron chi connectivity index (χ2n) is 5.69. The minimum atomic E-state index is 0. The lowest BCUT2D eigenvalue weighted by atomic mass is 10.1. The van der Waals surface area contributed by atoms with Crippen LogP contribution >= 0.6 is 24.0 Å². The van der Waals surface area contributed by atoms with Crippen molar-refractivity contribution in [2.24, 2.45) is 4.99 Å². The van der Waals surface area contributed by atoms with Gasteiger partial charge in [0, 0.05) is 31.9 Å². The lowest BCUT2D eigenvalue weighted by Gasteiger charge is -2.13. The summed E-state index contributed by atoms with van der Waals surface area (Å²) in [7, 11) is 1.75. The normalized spacial score (nSPS) is 12.3. The van der Waals surface area contributed by atoms with Gasteiger partial charge in [-0.1, -0.05) is 12.1 Å². The largest absolute Gasteiger partial charge is 0.478 e. The van der Waals surface area contributed by atoms with Crippen molar-refractivity contribution in [3.63, 3.8) is 0 Å². The summed E-state index contributed by atoms with van der Waals surface area (Å²) < 4.78 is 16.3. The number of halogens is 1. The third kappa shape index (κ3) is 5.88. The monoisotopic (exact) mass is 484 g/mol. The molecule has 8 heteroatoms. The summed E-state index contributed by atoms with van der Waals surface area (Å²) in [5.74, 6) is 3.00. The van der Waals surface area contributed by atoms with Gasteiger partial charge >= 0.3 is 0 Å². The molecule has 1 aromatic carbocycles. The van der Waals surface area contributed by atoms with Gasteiger partial charge in [0.1, 0.15) is 0 Å².